The number of rotatable bonds is 9. The van der Waals surface area contributed by atoms with Crippen LogP contribution in [0.2, 0.25) is 0 Å². The van der Waals surface area contributed by atoms with Gasteiger partial charge in [0, 0.05) is 12.5 Å². The van der Waals surface area contributed by atoms with Crippen LogP contribution in [0.3, 0.4) is 0 Å². The molecule has 0 saturated carbocycles. The molecule has 0 aromatic carbocycles. The minimum Gasteiger partial charge on any atom is -0.550 e. The van der Waals surface area contributed by atoms with E-state index in [2.05, 4.69) is 18.7 Å². The first-order valence-corrected chi connectivity index (χ1v) is 5.62. The summed E-state index contributed by atoms with van der Waals surface area (Å²) in [6.45, 7) is 6.98. The number of unbranched alkanes of at least 4 members (excludes halogenated alkanes) is 2. The molecule has 0 aliphatic carbocycles. The molecule has 0 aromatic rings. The molecule has 0 unspecified atom stereocenters. The molecule has 0 aliphatic heterocycles. The van der Waals surface area contributed by atoms with Gasteiger partial charge in [-0.3, -0.25) is 0 Å². The maximum absolute atomic E-state index is 10.3. The van der Waals surface area contributed by atoms with E-state index in [-0.39, 0.29) is 6.42 Å². The van der Waals surface area contributed by atoms with Gasteiger partial charge in [-0.1, -0.05) is 26.7 Å². The van der Waals surface area contributed by atoms with Gasteiger partial charge in [0.15, 0.2) is 0 Å². The van der Waals surface area contributed by atoms with Gasteiger partial charge in [0.1, 0.15) is 0 Å². The Bertz CT molecular complexity index is 140. The van der Waals surface area contributed by atoms with E-state index in [1.165, 1.54) is 0 Å². The van der Waals surface area contributed by atoms with Crippen LogP contribution in [-0.2, 0) is 4.79 Å². The summed E-state index contributed by atoms with van der Waals surface area (Å²) in [5.41, 5.74) is 0. The lowest BCUT2D eigenvalue weighted by atomic mass is 10.2. The number of nitrogens with zero attached hydrogens (tertiary/aromatic N) is 1. The fourth-order valence-corrected chi connectivity index (χ4v) is 1.35. The van der Waals surface area contributed by atoms with Crippen molar-refractivity contribution in [3.63, 3.8) is 0 Å². The van der Waals surface area contributed by atoms with E-state index in [1.54, 1.807) is 0 Å². The molecule has 0 amide bonds. The molecule has 3 heteroatoms. The molecule has 84 valence electrons. The van der Waals surface area contributed by atoms with E-state index in [9.17, 15) is 9.90 Å². The summed E-state index contributed by atoms with van der Waals surface area (Å²) in [4.78, 5) is 12.5. The van der Waals surface area contributed by atoms with E-state index in [0.717, 1.165) is 38.8 Å². The molecular formula is C11H22NO2-. The van der Waals surface area contributed by atoms with Crippen LogP contribution in [0.5, 0.6) is 0 Å². The van der Waals surface area contributed by atoms with Gasteiger partial charge in [-0.2, -0.15) is 0 Å². The van der Waals surface area contributed by atoms with Gasteiger partial charge in [0.2, 0.25) is 0 Å². The molecule has 0 rings (SSSR count). The SMILES string of the molecule is CCCCN(CCCC)CCC(=O)[O-]. The highest BCUT2D eigenvalue weighted by Gasteiger charge is 2.02. The maximum atomic E-state index is 10.3. The molecule has 0 bridgehead atoms. The van der Waals surface area contributed by atoms with Crippen LogP contribution < -0.4 is 5.11 Å². The lowest BCUT2D eigenvalue weighted by molar-refractivity contribution is -0.305. The van der Waals surface area contributed by atoms with Crippen molar-refractivity contribution in [2.45, 2.75) is 46.0 Å². The standard InChI is InChI=1S/C11H23NO2/c1-3-5-8-12(9-6-4-2)10-7-11(13)14/h3-10H2,1-2H3,(H,13,14)/p-1. The molecule has 0 fully saturated rings. The second-order valence-electron chi connectivity index (χ2n) is 3.67. The van der Waals surface area contributed by atoms with Gasteiger partial charge in [0.25, 0.3) is 0 Å². The normalized spacial score (nSPS) is 10.8. The molecule has 3 nitrogen and oxygen atoms in total. The summed E-state index contributed by atoms with van der Waals surface area (Å²) in [6.07, 6.45) is 4.78. The summed E-state index contributed by atoms with van der Waals surface area (Å²) in [7, 11) is 0. The third-order valence-electron chi connectivity index (χ3n) is 2.29. The Balaban J connectivity index is 3.65. The highest BCUT2D eigenvalue weighted by Crippen LogP contribution is 1.99. The fraction of sp³-hybridized carbons (Fsp3) is 0.909. The predicted molar refractivity (Wildman–Crippen MR) is 55.9 cm³/mol. The molecule has 0 saturated heterocycles. The molecule has 0 radical (unpaired) electrons. The van der Waals surface area contributed by atoms with E-state index in [0.29, 0.717) is 6.54 Å². The van der Waals surface area contributed by atoms with Crippen molar-refractivity contribution in [3.05, 3.63) is 0 Å². The summed E-state index contributed by atoms with van der Waals surface area (Å²) in [5, 5.41) is 10.3. The Morgan fingerprint density at radius 2 is 1.57 bits per heavy atom. The van der Waals surface area contributed by atoms with Gasteiger partial charge in [-0.15, -0.1) is 0 Å². The summed E-state index contributed by atoms with van der Waals surface area (Å²) in [6, 6.07) is 0. The largest absolute Gasteiger partial charge is 0.550 e. The van der Waals surface area contributed by atoms with Crippen LogP contribution in [-0.4, -0.2) is 30.5 Å². The topological polar surface area (TPSA) is 43.4 Å². The third-order valence-corrected chi connectivity index (χ3v) is 2.29. The van der Waals surface area contributed by atoms with Crippen molar-refractivity contribution >= 4 is 5.97 Å². The highest BCUT2D eigenvalue weighted by molar-refractivity contribution is 5.64. The average molecular weight is 200 g/mol. The number of carboxylic acids is 1. The lowest BCUT2D eigenvalue weighted by Gasteiger charge is -2.21. The van der Waals surface area contributed by atoms with Crippen molar-refractivity contribution in [2.24, 2.45) is 0 Å². The lowest BCUT2D eigenvalue weighted by Crippen LogP contribution is -2.32. The number of hydrogen-bond donors (Lipinski definition) is 0. The Morgan fingerprint density at radius 3 is 1.93 bits per heavy atom. The zero-order valence-electron chi connectivity index (χ0n) is 9.42. The first kappa shape index (κ1) is 13.4. The number of hydrogen-bond acceptors (Lipinski definition) is 3. The zero-order valence-corrected chi connectivity index (χ0v) is 9.42. The first-order chi connectivity index (χ1) is 6.70. The van der Waals surface area contributed by atoms with Gasteiger partial charge in [-0.25, -0.2) is 0 Å². The van der Waals surface area contributed by atoms with Crippen LogP contribution in [0.25, 0.3) is 0 Å². The number of carbonyl (C=O) groups is 1. The third kappa shape index (κ3) is 8.05. The fourth-order valence-electron chi connectivity index (χ4n) is 1.35. The second kappa shape index (κ2) is 9.00. The smallest absolute Gasteiger partial charge is 0.0427 e. The van der Waals surface area contributed by atoms with E-state index < -0.39 is 5.97 Å². The van der Waals surface area contributed by atoms with Crippen molar-refractivity contribution in [2.75, 3.05) is 19.6 Å². The monoisotopic (exact) mass is 200 g/mol. The first-order valence-electron chi connectivity index (χ1n) is 5.62. The minimum atomic E-state index is -0.942. The molecule has 0 heterocycles. The van der Waals surface area contributed by atoms with Crippen LogP contribution in [0.15, 0.2) is 0 Å². The number of carbonyl (C=O) groups excluding carboxylic acids is 1. The minimum absolute atomic E-state index is 0.160. The summed E-state index contributed by atoms with van der Waals surface area (Å²) in [5.74, 6) is -0.942. The van der Waals surface area contributed by atoms with Gasteiger partial charge < -0.3 is 14.8 Å². The molecular weight excluding hydrogens is 178 g/mol. The van der Waals surface area contributed by atoms with Crippen molar-refractivity contribution in [1.82, 2.24) is 4.90 Å². The van der Waals surface area contributed by atoms with Gasteiger partial charge in [0.05, 0.1) is 0 Å². The van der Waals surface area contributed by atoms with Crippen molar-refractivity contribution in [3.8, 4) is 0 Å². The Hall–Kier alpha value is -0.570. The molecule has 0 N–H and O–H groups in total. The van der Waals surface area contributed by atoms with Crippen LogP contribution in [0.4, 0.5) is 0 Å². The van der Waals surface area contributed by atoms with Gasteiger partial charge >= 0.3 is 0 Å². The Kier molecular flexibility index (Phi) is 8.64. The van der Waals surface area contributed by atoms with Crippen molar-refractivity contribution in [1.29, 1.82) is 0 Å². The average Bonchev–Trinajstić information content (AvgIpc) is 2.16. The predicted octanol–water partition coefficient (Wildman–Crippen LogP) is 1.03. The van der Waals surface area contributed by atoms with E-state index >= 15 is 0 Å². The quantitative estimate of drug-likeness (QED) is 0.558. The van der Waals surface area contributed by atoms with E-state index in [4.69, 9.17) is 0 Å². The molecule has 0 spiro atoms. The van der Waals surface area contributed by atoms with Crippen LogP contribution in [0.1, 0.15) is 46.0 Å². The highest BCUT2D eigenvalue weighted by atomic mass is 16.4. The molecule has 14 heavy (non-hydrogen) atoms. The van der Waals surface area contributed by atoms with E-state index in [1.807, 2.05) is 0 Å². The number of aliphatic carboxylic acids is 1. The van der Waals surface area contributed by atoms with Crippen LogP contribution >= 0.6 is 0 Å². The Morgan fingerprint density at radius 1 is 1.07 bits per heavy atom. The van der Waals surface area contributed by atoms with Gasteiger partial charge in [-0.05, 0) is 32.4 Å². The molecule has 0 atom stereocenters. The Labute approximate surface area is 87.1 Å². The number of carboxylic acid groups (broad SMARTS) is 1. The maximum Gasteiger partial charge on any atom is 0.0427 e. The second-order valence-corrected chi connectivity index (χ2v) is 3.67. The summed E-state index contributed by atoms with van der Waals surface area (Å²) < 4.78 is 0. The van der Waals surface area contributed by atoms with Crippen LogP contribution in [0, 0.1) is 0 Å². The summed E-state index contributed by atoms with van der Waals surface area (Å²) >= 11 is 0. The zero-order chi connectivity index (χ0) is 10.8. The molecule has 0 aliphatic rings. The van der Waals surface area contributed by atoms with Crippen molar-refractivity contribution < 1.29 is 9.90 Å². The molecule has 0 aromatic heterocycles.